The van der Waals surface area contributed by atoms with Gasteiger partial charge < -0.3 is 20.4 Å². The predicted octanol–water partition coefficient (Wildman–Crippen LogP) is 2.95. The molecule has 0 amide bonds. The van der Waals surface area contributed by atoms with Crippen molar-refractivity contribution in [3.05, 3.63) is 28.8 Å². The van der Waals surface area contributed by atoms with Gasteiger partial charge >= 0.3 is 0 Å². The molecule has 1 aliphatic rings. The number of benzene rings is 1. The molecular formula is C19H32ClN5. The Balaban J connectivity index is 2.12. The minimum Gasteiger partial charge on any atom is -0.369 e. The van der Waals surface area contributed by atoms with Gasteiger partial charge in [-0.1, -0.05) is 31.0 Å². The number of nitrogens with zero attached hydrogens (tertiary/aromatic N) is 3. The van der Waals surface area contributed by atoms with Crippen LogP contribution in [0.25, 0.3) is 0 Å². The minimum absolute atomic E-state index is 0.586. The van der Waals surface area contributed by atoms with Gasteiger partial charge in [0.15, 0.2) is 5.96 Å². The highest BCUT2D eigenvalue weighted by Crippen LogP contribution is 2.29. The maximum absolute atomic E-state index is 6.52. The number of likely N-dealkylation sites (N-methyl/N-ethyl adjacent to an activating group) is 1. The van der Waals surface area contributed by atoms with Crippen LogP contribution in [-0.2, 0) is 6.54 Å². The summed E-state index contributed by atoms with van der Waals surface area (Å²) < 4.78 is 0. The van der Waals surface area contributed by atoms with Crippen LogP contribution in [0.15, 0.2) is 23.2 Å². The Morgan fingerprint density at radius 1 is 1.16 bits per heavy atom. The Hall–Kier alpha value is -1.46. The molecule has 1 saturated heterocycles. The predicted molar refractivity (Wildman–Crippen MR) is 109 cm³/mol. The van der Waals surface area contributed by atoms with Crippen molar-refractivity contribution in [3.63, 3.8) is 0 Å². The molecule has 2 N–H and O–H groups in total. The summed E-state index contributed by atoms with van der Waals surface area (Å²) in [5.41, 5.74) is 2.33. The van der Waals surface area contributed by atoms with E-state index in [0.717, 1.165) is 62.2 Å². The Bertz CT molecular complexity index is 553. The quantitative estimate of drug-likeness (QED) is 0.443. The number of hydrogen-bond donors (Lipinski definition) is 2. The fraction of sp³-hybridized carbons (Fsp3) is 0.632. The maximum Gasteiger partial charge on any atom is 0.191 e. The van der Waals surface area contributed by atoms with Crippen LogP contribution < -0.4 is 15.5 Å². The van der Waals surface area contributed by atoms with E-state index in [-0.39, 0.29) is 0 Å². The second-order valence-electron chi connectivity index (χ2n) is 6.50. The Labute approximate surface area is 157 Å². The van der Waals surface area contributed by atoms with Crippen molar-refractivity contribution in [2.45, 2.75) is 33.2 Å². The Kier molecular flexibility index (Phi) is 8.35. The molecule has 0 saturated carbocycles. The second-order valence-corrected chi connectivity index (χ2v) is 6.91. The third-order valence-corrected chi connectivity index (χ3v) is 4.85. The van der Waals surface area contributed by atoms with Gasteiger partial charge in [-0.25, -0.2) is 4.99 Å². The van der Waals surface area contributed by atoms with Crippen molar-refractivity contribution in [2.75, 3.05) is 51.2 Å². The summed E-state index contributed by atoms with van der Waals surface area (Å²) in [7, 11) is 2.17. The van der Waals surface area contributed by atoms with Crippen LogP contribution >= 0.6 is 11.6 Å². The number of halogens is 1. The lowest BCUT2D eigenvalue weighted by Crippen LogP contribution is -2.44. The summed E-state index contributed by atoms with van der Waals surface area (Å²) in [6.07, 6.45) is 2.31. The van der Waals surface area contributed by atoms with Crippen LogP contribution in [0.3, 0.4) is 0 Å². The minimum atomic E-state index is 0.586. The van der Waals surface area contributed by atoms with Gasteiger partial charge in [0.1, 0.15) is 0 Å². The molecule has 0 aliphatic carbocycles. The van der Waals surface area contributed by atoms with E-state index in [1.807, 2.05) is 12.1 Å². The Morgan fingerprint density at radius 2 is 1.92 bits per heavy atom. The number of aliphatic imine (C=N–C) groups is 1. The van der Waals surface area contributed by atoms with Crippen LogP contribution in [0.2, 0.25) is 5.02 Å². The fourth-order valence-corrected chi connectivity index (χ4v) is 3.16. The second kappa shape index (κ2) is 10.5. The van der Waals surface area contributed by atoms with Crippen molar-refractivity contribution in [3.8, 4) is 0 Å². The number of rotatable bonds is 7. The molecule has 0 spiro atoms. The van der Waals surface area contributed by atoms with E-state index in [1.54, 1.807) is 0 Å². The standard InChI is InChI=1S/C19H32ClN5/c1-4-6-10-22-19(21-5-2)23-15-16-17(20)8-7-9-18(16)25-13-11-24(3)12-14-25/h7-9H,4-6,10-15H2,1-3H3,(H2,21,22,23). The molecule has 1 aliphatic heterocycles. The molecule has 25 heavy (non-hydrogen) atoms. The third-order valence-electron chi connectivity index (χ3n) is 4.50. The zero-order chi connectivity index (χ0) is 18.1. The normalized spacial score (nSPS) is 16.2. The lowest BCUT2D eigenvalue weighted by atomic mass is 10.1. The monoisotopic (exact) mass is 365 g/mol. The lowest BCUT2D eigenvalue weighted by molar-refractivity contribution is 0.312. The Morgan fingerprint density at radius 3 is 2.60 bits per heavy atom. The van der Waals surface area contributed by atoms with Gasteiger partial charge in [-0.3, -0.25) is 0 Å². The highest BCUT2D eigenvalue weighted by molar-refractivity contribution is 6.31. The van der Waals surface area contributed by atoms with Gasteiger partial charge in [-0.05, 0) is 32.5 Å². The zero-order valence-electron chi connectivity index (χ0n) is 15.8. The summed E-state index contributed by atoms with van der Waals surface area (Å²) in [4.78, 5) is 9.55. The molecule has 0 atom stereocenters. The van der Waals surface area contributed by atoms with Crippen LogP contribution in [0.4, 0.5) is 5.69 Å². The first-order valence-electron chi connectivity index (χ1n) is 9.38. The van der Waals surface area contributed by atoms with Gasteiger partial charge in [0.2, 0.25) is 0 Å². The van der Waals surface area contributed by atoms with E-state index >= 15 is 0 Å². The topological polar surface area (TPSA) is 42.9 Å². The number of anilines is 1. The number of nitrogens with one attached hydrogen (secondary N) is 2. The molecule has 1 heterocycles. The van der Waals surface area contributed by atoms with Crippen molar-refractivity contribution in [1.29, 1.82) is 0 Å². The molecule has 0 aromatic heterocycles. The van der Waals surface area contributed by atoms with Crippen LogP contribution in [-0.4, -0.2) is 57.2 Å². The average Bonchev–Trinajstić information content (AvgIpc) is 2.61. The van der Waals surface area contributed by atoms with E-state index in [4.69, 9.17) is 16.6 Å². The molecule has 0 unspecified atom stereocenters. The van der Waals surface area contributed by atoms with E-state index in [2.05, 4.69) is 47.4 Å². The van der Waals surface area contributed by atoms with Crippen molar-refractivity contribution in [1.82, 2.24) is 15.5 Å². The fourth-order valence-electron chi connectivity index (χ4n) is 2.93. The third kappa shape index (κ3) is 6.08. The SMILES string of the molecule is CCCCNC(=NCc1c(Cl)cccc1N1CCN(C)CC1)NCC. The zero-order valence-corrected chi connectivity index (χ0v) is 16.6. The first-order chi connectivity index (χ1) is 12.2. The van der Waals surface area contributed by atoms with Gasteiger partial charge in [0.25, 0.3) is 0 Å². The van der Waals surface area contributed by atoms with Gasteiger partial charge in [0, 0.05) is 55.5 Å². The van der Waals surface area contributed by atoms with Gasteiger partial charge in [0.05, 0.1) is 6.54 Å². The lowest BCUT2D eigenvalue weighted by Gasteiger charge is -2.35. The van der Waals surface area contributed by atoms with Crippen molar-refractivity contribution < 1.29 is 0 Å². The molecule has 0 bridgehead atoms. The first-order valence-corrected chi connectivity index (χ1v) is 9.76. The number of unbranched alkanes of at least 4 members (excludes halogenated alkanes) is 1. The van der Waals surface area contributed by atoms with E-state index in [9.17, 15) is 0 Å². The molecule has 1 aromatic carbocycles. The summed E-state index contributed by atoms with van der Waals surface area (Å²) >= 11 is 6.52. The summed E-state index contributed by atoms with van der Waals surface area (Å²) in [5.74, 6) is 0.861. The van der Waals surface area contributed by atoms with Gasteiger partial charge in [-0.15, -0.1) is 0 Å². The number of guanidine groups is 1. The van der Waals surface area contributed by atoms with Crippen molar-refractivity contribution in [2.24, 2.45) is 4.99 Å². The van der Waals surface area contributed by atoms with Crippen molar-refractivity contribution >= 4 is 23.2 Å². The smallest absolute Gasteiger partial charge is 0.191 e. The van der Waals surface area contributed by atoms with E-state index in [1.165, 1.54) is 12.1 Å². The number of hydrogen-bond acceptors (Lipinski definition) is 3. The highest BCUT2D eigenvalue weighted by atomic mass is 35.5. The largest absolute Gasteiger partial charge is 0.369 e. The molecule has 140 valence electrons. The molecule has 1 fully saturated rings. The highest BCUT2D eigenvalue weighted by Gasteiger charge is 2.18. The van der Waals surface area contributed by atoms with E-state index < -0.39 is 0 Å². The molecule has 6 heteroatoms. The van der Waals surface area contributed by atoms with Crippen LogP contribution in [0, 0.1) is 0 Å². The first kappa shape index (κ1) is 19.9. The molecule has 2 rings (SSSR count). The van der Waals surface area contributed by atoms with Crippen LogP contribution in [0.5, 0.6) is 0 Å². The average molecular weight is 366 g/mol. The van der Waals surface area contributed by atoms with Crippen LogP contribution in [0.1, 0.15) is 32.3 Å². The summed E-state index contributed by atoms with van der Waals surface area (Å²) in [5, 5.41) is 7.50. The molecule has 1 aromatic rings. The maximum atomic E-state index is 6.52. The van der Waals surface area contributed by atoms with Gasteiger partial charge in [-0.2, -0.15) is 0 Å². The summed E-state index contributed by atoms with van der Waals surface area (Å²) in [6.45, 7) is 10.9. The summed E-state index contributed by atoms with van der Waals surface area (Å²) in [6, 6.07) is 6.16. The molecule has 0 radical (unpaired) electrons. The van der Waals surface area contributed by atoms with E-state index in [0.29, 0.717) is 6.54 Å². The molecule has 5 nitrogen and oxygen atoms in total. The number of piperazine rings is 1. The molecular weight excluding hydrogens is 334 g/mol.